The highest BCUT2D eigenvalue weighted by molar-refractivity contribution is 7.16. The Morgan fingerprint density at radius 1 is 1.13 bits per heavy atom. The van der Waals surface area contributed by atoms with Gasteiger partial charge in [0, 0.05) is 16.7 Å². The number of aryl methyl sites for hydroxylation is 1. The fraction of sp³-hybridized carbons (Fsp3) is 0.286. The first-order valence-corrected chi connectivity index (χ1v) is 10.3. The second-order valence-electron chi connectivity index (χ2n) is 6.31. The molecule has 1 aromatic heterocycles. The molecule has 0 saturated carbocycles. The van der Waals surface area contributed by atoms with Gasteiger partial charge in [0.05, 0.1) is 31.0 Å². The van der Waals surface area contributed by atoms with Crippen LogP contribution in [0, 0.1) is 6.92 Å². The Balaban J connectivity index is 2.17. The molecule has 0 aliphatic rings. The van der Waals surface area contributed by atoms with E-state index in [1.165, 1.54) is 25.6 Å². The van der Waals surface area contributed by atoms with E-state index in [2.05, 4.69) is 4.99 Å². The Labute approximate surface area is 182 Å². The molecule has 0 aliphatic carbocycles. The van der Waals surface area contributed by atoms with Crippen molar-refractivity contribution in [3.05, 3.63) is 51.3 Å². The van der Waals surface area contributed by atoms with Crippen LogP contribution in [0.5, 0.6) is 11.5 Å². The zero-order valence-corrected chi connectivity index (χ0v) is 18.6. The fourth-order valence-electron chi connectivity index (χ4n) is 2.97. The second-order valence-corrected chi connectivity index (χ2v) is 7.73. The Morgan fingerprint density at radius 3 is 2.40 bits per heavy atom. The van der Waals surface area contributed by atoms with Gasteiger partial charge in [-0.3, -0.25) is 9.59 Å². The number of ether oxygens (including phenoxy) is 3. The van der Waals surface area contributed by atoms with E-state index in [1.54, 1.807) is 35.8 Å². The lowest BCUT2D eigenvalue weighted by atomic mass is 10.2. The molecule has 1 heterocycles. The van der Waals surface area contributed by atoms with Gasteiger partial charge in [-0.15, -0.1) is 0 Å². The number of benzene rings is 2. The number of carbonyl (C=O) groups is 2. The molecule has 158 valence electrons. The average molecular weight is 449 g/mol. The minimum Gasteiger partial charge on any atom is -0.497 e. The minimum atomic E-state index is -0.486. The van der Waals surface area contributed by atoms with Crippen LogP contribution in [0.15, 0.2) is 35.3 Å². The molecular formula is C21H21ClN2O5S. The first-order valence-electron chi connectivity index (χ1n) is 9.14. The third-order valence-corrected chi connectivity index (χ3v) is 5.87. The van der Waals surface area contributed by atoms with E-state index in [9.17, 15) is 9.59 Å². The molecule has 3 aromatic rings. The number of fused-ring (bicyclic) bond motifs is 1. The number of aromatic nitrogens is 1. The lowest BCUT2D eigenvalue weighted by Gasteiger charge is -2.08. The number of thiazole rings is 1. The number of hydrogen-bond acceptors (Lipinski definition) is 6. The molecule has 0 unspecified atom stereocenters. The van der Waals surface area contributed by atoms with E-state index in [4.69, 9.17) is 25.8 Å². The van der Waals surface area contributed by atoms with E-state index < -0.39 is 11.9 Å². The van der Waals surface area contributed by atoms with Crippen LogP contribution in [0.2, 0.25) is 5.02 Å². The van der Waals surface area contributed by atoms with Crippen molar-refractivity contribution >= 4 is 45.0 Å². The lowest BCUT2D eigenvalue weighted by Crippen LogP contribution is -2.23. The maximum atomic E-state index is 12.9. The standard InChI is InChI=1S/C21H21ClN2O5S/c1-5-29-18(25)11-24-19-12(2)16(22)6-7-17(19)30-21(24)23-20(26)13-8-14(27-3)10-15(9-13)28-4/h6-10H,5,11H2,1-4H3. The van der Waals surface area contributed by atoms with Gasteiger partial charge < -0.3 is 18.8 Å². The van der Waals surface area contributed by atoms with E-state index in [0.29, 0.717) is 26.9 Å². The number of carbonyl (C=O) groups excluding carboxylic acids is 2. The van der Waals surface area contributed by atoms with Crippen LogP contribution in [0.3, 0.4) is 0 Å². The number of amides is 1. The van der Waals surface area contributed by atoms with Gasteiger partial charge in [-0.05, 0) is 43.7 Å². The summed E-state index contributed by atoms with van der Waals surface area (Å²) in [6.07, 6.45) is 0. The molecule has 0 radical (unpaired) electrons. The summed E-state index contributed by atoms with van der Waals surface area (Å²) < 4.78 is 18.1. The Morgan fingerprint density at radius 2 is 1.80 bits per heavy atom. The van der Waals surface area contributed by atoms with Crippen molar-refractivity contribution in [1.29, 1.82) is 0 Å². The number of esters is 1. The summed E-state index contributed by atoms with van der Waals surface area (Å²) in [5.41, 5.74) is 1.85. The number of methoxy groups -OCH3 is 2. The van der Waals surface area contributed by atoms with Crippen LogP contribution in [0.1, 0.15) is 22.8 Å². The summed E-state index contributed by atoms with van der Waals surface area (Å²) in [5, 5.41) is 0.563. The molecule has 3 rings (SSSR count). The molecule has 2 aromatic carbocycles. The summed E-state index contributed by atoms with van der Waals surface area (Å²) in [6, 6.07) is 8.46. The summed E-state index contributed by atoms with van der Waals surface area (Å²) in [7, 11) is 3.01. The average Bonchev–Trinajstić information content (AvgIpc) is 3.07. The van der Waals surface area contributed by atoms with Crippen molar-refractivity contribution in [1.82, 2.24) is 4.57 Å². The first kappa shape index (κ1) is 21.9. The topological polar surface area (TPSA) is 79.1 Å². The fourth-order valence-corrected chi connectivity index (χ4v) is 4.21. The SMILES string of the molecule is CCOC(=O)Cn1c(=NC(=O)c2cc(OC)cc(OC)c2)sc2ccc(Cl)c(C)c21. The Kier molecular flexibility index (Phi) is 6.79. The van der Waals surface area contributed by atoms with Crippen molar-refractivity contribution in [2.75, 3.05) is 20.8 Å². The van der Waals surface area contributed by atoms with Crippen molar-refractivity contribution < 1.29 is 23.8 Å². The molecule has 1 amide bonds. The van der Waals surface area contributed by atoms with Gasteiger partial charge in [-0.2, -0.15) is 4.99 Å². The third-order valence-electron chi connectivity index (χ3n) is 4.42. The van der Waals surface area contributed by atoms with Gasteiger partial charge >= 0.3 is 5.97 Å². The van der Waals surface area contributed by atoms with Gasteiger partial charge in [-0.25, -0.2) is 0 Å². The monoisotopic (exact) mass is 448 g/mol. The number of halogens is 1. The molecule has 9 heteroatoms. The molecule has 7 nitrogen and oxygen atoms in total. The number of rotatable bonds is 6. The van der Waals surface area contributed by atoms with Crippen molar-refractivity contribution in [3.8, 4) is 11.5 Å². The Bertz CT molecular complexity index is 1160. The van der Waals surface area contributed by atoms with Crippen molar-refractivity contribution in [2.24, 2.45) is 4.99 Å². The minimum absolute atomic E-state index is 0.0808. The molecule has 0 N–H and O–H groups in total. The van der Waals surface area contributed by atoms with Gasteiger partial charge in [0.1, 0.15) is 18.0 Å². The summed E-state index contributed by atoms with van der Waals surface area (Å²) >= 11 is 7.58. The summed E-state index contributed by atoms with van der Waals surface area (Å²) in [5.74, 6) is 0.0474. The van der Waals surface area contributed by atoms with Gasteiger partial charge in [0.2, 0.25) is 0 Å². The van der Waals surface area contributed by atoms with E-state index in [-0.39, 0.29) is 13.2 Å². The van der Waals surface area contributed by atoms with Crippen molar-refractivity contribution in [3.63, 3.8) is 0 Å². The molecule has 0 bridgehead atoms. The molecular weight excluding hydrogens is 428 g/mol. The van der Waals surface area contributed by atoms with Crippen LogP contribution in [0.25, 0.3) is 10.2 Å². The highest BCUT2D eigenvalue weighted by Gasteiger charge is 2.16. The number of nitrogens with zero attached hydrogens (tertiary/aromatic N) is 2. The summed E-state index contributed by atoms with van der Waals surface area (Å²) in [6.45, 7) is 3.78. The zero-order valence-electron chi connectivity index (χ0n) is 17.0. The first-order chi connectivity index (χ1) is 14.4. The Hall–Kier alpha value is -2.84. The van der Waals surface area contributed by atoms with E-state index in [0.717, 1.165) is 15.8 Å². The normalized spacial score (nSPS) is 11.6. The second kappa shape index (κ2) is 9.32. The quantitative estimate of drug-likeness (QED) is 0.533. The van der Waals surface area contributed by atoms with Crippen molar-refractivity contribution in [2.45, 2.75) is 20.4 Å². The van der Waals surface area contributed by atoms with E-state index >= 15 is 0 Å². The van der Waals surface area contributed by atoms with Gasteiger partial charge in [-0.1, -0.05) is 22.9 Å². The molecule has 0 saturated heterocycles. The highest BCUT2D eigenvalue weighted by atomic mass is 35.5. The van der Waals surface area contributed by atoms with Gasteiger partial charge in [0.15, 0.2) is 4.80 Å². The zero-order chi connectivity index (χ0) is 21.8. The van der Waals surface area contributed by atoms with Crippen LogP contribution >= 0.6 is 22.9 Å². The predicted octanol–water partition coefficient (Wildman–Crippen LogP) is 3.99. The smallest absolute Gasteiger partial charge is 0.326 e. The maximum absolute atomic E-state index is 12.9. The molecule has 0 atom stereocenters. The molecule has 30 heavy (non-hydrogen) atoms. The van der Waals surface area contributed by atoms with Crippen LogP contribution in [-0.2, 0) is 16.1 Å². The van der Waals surface area contributed by atoms with E-state index in [1.807, 2.05) is 13.0 Å². The highest BCUT2D eigenvalue weighted by Crippen LogP contribution is 2.27. The molecule has 0 aliphatic heterocycles. The van der Waals surface area contributed by atoms with Crippen LogP contribution < -0.4 is 14.3 Å². The molecule has 0 spiro atoms. The third kappa shape index (κ3) is 4.49. The maximum Gasteiger partial charge on any atom is 0.326 e. The largest absolute Gasteiger partial charge is 0.497 e. The predicted molar refractivity (Wildman–Crippen MR) is 116 cm³/mol. The van der Waals surface area contributed by atoms with Gasteiger partial charge in [0.25, 0.3) is 5.91 Å². The number of hydrogen-bond donors (Lipinski definition) is 0. The molecule has 0 fully saturated rings. The van der Waals surface area contributed by atoms with Crippen LogP contribution in [-0.4, -0.2) is 37.3 Å². The van der Waals surface area contributed by atoms with Crippen LogP contribution in [0.4, 0.5) is 0 Å². The summed E-state index contributed by atoms with van der Waals surface area (Å²) in [4.78, 5) is 29.8. The lowest BCUT2D eigenvalue weighted by molar-refractivity contribution is -0.143.